The van der Waals surface area contributed by atoms with Crippen LogP contribution in [-0.2, 0) is 4.74 Å². The van der Waals surface area contributed by atoms with Gasteiger partial charge in [0, 0.05) is 18.9 Å². The molecule has 45 valence electrons. The van der Waals surface area contributed by atoms with E-state index in [1.165, 1.54) is 0 Å². The van der Waals surface area contributed by atoms with Gasteiger partial charge in [-0.2, -0.15) is 0 Å². The van der Waals surface area contributed by atoms with Crippen LogP contribution in [0.5, 0.6) is 0 Å². The van der Waals surface area contributed by atoms with Gasteiger partial charge in [0.25, 0.3) is 0 Å². The molecule has 0 saturated heterocycles. The molecule has 0 spiro atoms. The fourth-order valence-electron chi connectivity index (χ4n) is 0.544. The summed E-state index contributed by atoms with van der Waals surface area (Å²) in [5.74, 6) is 0. The van der Waals surface area contributed by atoms with Crippen molar-refractivity contribution in [3.05, 3.63) is 0 Å². The van der Waals surface area contributed by atoms with Gasteiger partial charge in [-0.1, -0.05) is 0 Å². The Labute approximate surface area is 64.0 Å². The molecule has 1 nitrogen and oxygen atoms in total. The monoisotopic (exact) mass is 109 g/mol. The molecule has 1 radical (unpaired) electrons. The first kappa shape index (κ1) is 11.4. The second-order valence-corrected chi connectivity index (χ2v) is 2.23. The standard InChI is InChI=1S/C6H14O.Li/c1-5(2)7-6(3)4;/h5-6H,1-4H3;. The average Bonchev–Trinajstić information content (AvgIpc) is 1.27. The van der Waals surface area contributed by atoms with E-state index in [9.17, 15) is 0 Å². The van der Waals surface area contributed by atoms with Gasteiger partial charge in [-0.15, -0.1) is 0 Å². The predicted octanol–water partition coefficient (Wildman–Crippen LogP) is 1.44. The second-order valence-electron chi connectivity index (χ2n) is 2.23. The Morgan fingerprint density at radius 2 is 1.12 bits per heavy atom. The van der Waals surface area contributed by atoms with Gasteiger partial charge in [-0.05, 0) is 27.7 Å². The number of hydrogen-bond acceptors (Lipinski definition) is 1. The van der Waals surface area contributed by atoms with Crippen molar-refractivity contribution in [2.75, 3.05) is 0 Å². The molecule has 0 aliphatic heterocycles. The zero-order valence-electron chi connectivity index (χ0n) is 6.56. The summed E-state index contributed by atoms with van der Waals surface area (Å²) in [5.41, 5.74) is 0. The molecule has 8 heavy (non-hydrogen) atoms. The Hall–Kier alpha value is 0.557. The Bertz CT molecular complexity index is 37.8. The minimum absolute atomic E-state index is 0. The molecule has 0 aliphatic carbocycles. The molecule has 2 heteroatoms. The Kier molecular flexibility index (Phi) is 8.08. The molecule has 0 fully saturated rings. The summed E-state index contributed by atoms with van der Waals surface area (Å²) >= 11 is 0. The van der Waals surface area contributed by atoms with E-state index in [1.807, 2.05) is 27.7 Å². The zero-order chi connectivity index (χ0) is 5.86. The maximum absolute atomic E-state index is 5.25. The minimum Gasteiger partial charge on any atom is -0.376 e. The van der Waals surface area contributed by atoms with E-state index in [2.05, 4.69) is 0 Å². The summed E-state index contributed by atoms with van der Waals surface area (Å²) < 4.78 is 5.25. The Morgan fingerprint density at radius 3 is 1.12 bits per heavy atom. The summed E-state index contributed by atoms with van der Waals surface area (Å²) in [4.78, 5) is 0. The molecular weight excluding hydrogens is 95.0 g/mol. The molecule has 0 N–H and O–H groups in total. The molecule has 0 aromatic carbocycles. The van der Waals surface area contributed by atoms with Crippen LogP contribution in [0.25, 0.3) is 0 Å². The van der Waals surface area contributed by atoms with E-state index in [0.29, 0.717) is 12.2 Å². The summed E-state index contributed by atoms with van der Waals surface area (Å²) in [5, 5.41) is 0. The van der Waals surface area contributed by atoms with Crippen molar-refractivity contribution < 1.29 is 4.74 Å². The van der Waals surface area contributed by atoms with Crippen molar-refractivity contribution in [2.45, 2.75) is 39.9 Å². The van der Waals surface area contributed by atoms with Crippen LogP contribution >= 0.6 is 0 Å². The first-order valence-corrected chi connectivity index (χ1v) is 2.78. The molecule has 0 amide bonds. The van der Waals surface area contributed by atoms with Gasteiger partial charge in [-0.25, -0.2) is 0 Å². The summed E-state index contributed by atoms with van der Waals surface area (Å²) in [6.07, 6.45) is 0.750. The van der Waals surface area contributed by atoms with E-state index in [1.54, 1.807) is 0 Å². The average molecular weight is 109 g/mol. The summed E-state index contributed by atoms with van der Waals surface area (Å²) in [7, 11) is 0. The Morgan fingerprint density at radius 1 is 0.875 bits per heavy atom. The molecule has 0 atom stereocenters. The molecule has 0 aromatic rings. The van der Waals surface area contributed by atoms with Gasteiger partial charge in [0.2, 0.25) is 0 Å². The van der Waals surface area contributed by atoms with Gasteiger partial charge < -0.3 is 4.74 Å². The fourth-order valence-corrected chi connectivity index (χ4v) is 0.544. The minimum atomic E-state index is 0. The van der Waals surface area contributed by atoms with Crippen LogP contribution in [0.15, 0.2) is 0 Å². The van der Waals surface area contributed by atoms with Crippen molar-refractivity contribution in [2.24, 2.45) is 0 Å². The van der Waals surface area contributed by atoms with Crippen molar-refractivity contribution in [3.63, 3.8) is 0 Å². The van der Waals surface area contributed by atoms with Gasteiger partial charge in [0.05, 0.1) is 12.2 Å². The number of hydrogen-bond donors (Lipinski definition) is 0. The van der Waals surface area contributed by atoms with E-state index < -0.39 is 0 Å². The third-order valence-corrected chi connectivity index (χ3v) is 0.544. The normalized spacial score (nSPS) is 9.75. The Balaban J connectivity index is 0. The van der Waals surface area contributed by atoms with Gasteiger partial charge in [0.15, 0.2) is 0 Å². The summed E-state index contributed by atoms with van der Waals surface area (Å²) in [6.45, 7) is 8.17. The third-order valence-electron chi connectivity index (χ3n) is 0.544. The van der Waals surface area contributed by atoms with Crippen LogP contribution in [0.3, 0.4) is 0 Å². The van der Waals surface area contributed by atoms with E-state index in [-0.39, 0.29) is 18.9 Å². The number of rotatable bonds is 2. The van der Waals surface area contributed by atoms with Crippen LogP contribution in [0.2, 0.25) is 0 Å². The van der Waals surface area contributed by atoms with Crippen LogP contribution in [0.1, 0.15) is 27.7 Å². The van der Waals surface area contributed by atoms with Gasteiger partial charge >= 0.3 is 0 Å². The van der Waals surface area contributed by atoms with Crippen LogP contribution in [0, 0.1) is 0 Å². The first-order valence-electron chi connectivity index (χ1n) is 2.78. The van der Waals surface area contributed by atoms with Crippen LogP contribution in [0.4, 0.5) is 0 Å². The van der Waals surface area contributed by atoms with E-state index in [0.717, 1.165) is 0 Å². The topological polar surface area (TPSA) is 9.23 Å². The van der Waals surface area contributed by atoms with Gasteiger partial charge in [-0.3, -0.25) is 0 Å². The smallest absolute Gasteiger partial charge is 0.0522 e. The maximum Gasteiger partial charge on any atom is 0.0522 e. The molecule has 0 bridgehead atoms. The molecule has 0 heterocycles. The van der Waals surface area contributed by atoms with Crippen molar-refractivity contribution in [3.8, 4) is 0 Å². The van der Waals surface area contributed by atoms with Crippen LogP contribution in [-0.4, -0.2) is 31.1 Å². The quantitative estimate of drug-likeness (QED) is 0.487. The first-order chi connectivity index (χ1) is 3.13. The SMILES string of the molecule is CC(C)OC(C)C.[Li]. The predicted molar refractivity (Wildman–Crippen MR) is 37.1 cm³/mol. The second kappa shape index (κ2) is 5.69. The fraction of sp³-hybridized carbons (Fsp3) is 1.00. The maximum atomic E-state index is 5.25. The van der Waals surface area contributed by atoms with Crippen molar-refractivity contribution in [1.29, 1.82) is 0 Å². The van der Waals surface area contributed by atoms with Gasteiger partial charge in [0.1, 0.15) is 0 Å². The van der Waals surface area contributed by atoms with E-state index in [4.69, 9.17) is 4.74 Å². The number of ether oxygens (including phenoxy) is 1. The molecule has 0 rings (SSSR count). The largest absolute Gasteiger partial charge is 0.376 e. The zero-order valence-corrected chi connectivity index (χ0v) is 6.56. The van der Waals surface area contributed by atoms with E-state index >= 15 is 0 Å². The van der Waals surface area contributed by atoms with Crippen molar-refractivity contribution in [1.82, 2.24) is 0 Å². The molecule has 0 aliphatic rings. The molecule has 0 saturated carbocycles. The molecule has 0 aromatic heterocycles. The van der Waals surface area contributed by atoms with Crippen molar-refractivity contribution >= 4 is 18.9 Å². The third kappa shape index (κ3) is 9.75. The molecule has 0 unspecified atom stereocenters. The van der Waals surface area contributed by atoms with Crippen LogP contribution < -0.4 is 0 Å². The summed E-state index contributed by atoms with van der Waals surface area (Å²) in [6, 6.07) is 0. The molecular formula is C6H14LiO.